The largest absolute Gasteiger partial charge is 0.352 e. The van der Waals surface area contributed by atoms with Crippen LogP contribution in [0.4, 0.5) is 0 Å². The summed E-state index contributed by atoms with van der Waals surface area (Å²) in [4.78, 5) is 24.6. The molecule has 6 heteroatoms. The molecule has 2 unspecified atom stereocenters. The first-order chi connectivity index (χ1) is 12.7. The van der Waals surface area contributed by atoms with E-state index in [1.54, 1.807) is 0 Å². The van der Waals surface area contributed by atoms with Gasteiger partial charge >= 0.3 is 0 Å². The van der Waals surface area contributed by atoms with E-state index in [0.717, 1.165) is 31.2 Å². The standard InChI is InChI=1S/C21H29N3O2.ClH/c25-20(15-3-1-2-4-15)22-13-14-5-7-16(8-6-14)21(26)24-19-11-17-9-10-18(12-19)23-17;/h5-8,15,17-19,23H,1-4,9-13H2,(H,22,25)(H,24,26);1H. The number of nitrogens with one attached hydrogen (secondary N) is 3. The molecular formula is C21H30ClN3O2. The topological polar surface area (TPSA) is 70.2 Å². The zero-order chi connectivity index (χ0) is 17.9. The third kappa shape index (κ3) is 5.02. The molecule has 2 saturated heterocycles. The van der Waals surface area contributed by atoms with E-state index in [9.17, 15) is 9.59 Å². The van der Waals surface area contributed by atoms with Gasteiger partial charge in [0.05, 0.1) is 0 Å². The lowest BCUT2D eigenvalue weighted by atomic mass is 9.99. The van der Waals surface area contributed by atoms with Gasteiger partial charge in [0, 0.05) is 36.2 Å². The van der Waals surface area contributed by atoms with Gasteiger partial charge in [-0.25, -0.2) is 0 Å². The van der Waals surface area contributed by atoms with Crippen molar-refractivity contribution in [1.82, 2.24) is 16.0 Å². The Bertz CT molecular complexity index is 646. The molecule has 3 fully saturated rings. The number of hydrogen-bond donors (Lipinski definition) is 3. The SMILES string of the molecule is Cl.O=C(NC1CC2CCC(C1)N2)c1ccc(CNC(=O)C2CCCC2)cc1. The van der Waals surface area contributed by atoms with E-state index >= 15 is 0 Å². The van der Waals surface area contributed by atoms with E-state index in [2.05, 4.69) is 16.0 Å². The molecular weight excluding hydrogens is 362 g/mol. The zero-order valence-electron chi connectivity index (χ0n) is 15.7. The molecule has 148 valence electrons. The molecule has 2 bridgehead atoms. The first-order valence-corrected chi connectivity index (χ1v) is 10.1. The van der Waals surface area contributed by atoms with Gasteiger partial charge < -0.3 is 16.0 Å². The third-order valence-electron chi connectivity index (χ3n) is 6.22. The van der Waals surface area contributed by atoms with Gasteiger partial charge in [-0.1, -0.05) is 25.0 Å². The number of benzene rings is 1. The Hall–Kier alpha value is -1.59. The zero-order valence-corrected chi connectivity index (χ0v) is 16.5. The summed E-state index contributed by atoms with van der Waals surface area (Å²) >= 11 is 0. The Kier molecular flexibility index (Phi) is 6.77. The van der Waals surface area contributed by atoms with Crippen LogP contribution in [0.3, 0.4) is 0 Å². The number of carbonyl (C=O) groups is 2. The molecule has 2 aliphatic heterocycles. The first-order valence-electron chi connectivity index (χ1n) is 10.1. The predicted octanol–water partition coefficient (Wildman–Crippen LogP) is 2.93. The Morgan fingerprint density at radius 1 is 0.963 bits per heavy atom. The van der Waals surface area contributed by atoms with Crippen molar-refractivity contribution in [3.63, 3.8) is 0 Å². The molecule has 3 N–H and O–H groups in total. The summed E-state index contributed by atoms with van der Waals surface area (Å²) in [6.45, 7) is 0.537. The van der Waals surface area contributed by atoms with Crippen LogP contribution >= 0.6 is 12.4 Å². The third-order valence-corrected chi connectivity index (χ3v) is 6.22. The highest BCUT2D eigenvalue weighted by Gasteiger charge is 2.34. The fourth-order valence-corrected chi connectivity index (χ4v) is 4.74. The Morgan fingerprint density at radius 3 is 2.22 bits per heavy atom. The molecule has 1 aromatic carbocycles. The van der Waals surface area contributed by atoms with E-state index < -0.39 is 0 Å². The van der Waals surface area contributed by atoms with Crippen LogP contribution in [0.2, 0.25) is 0 Å². The fraction of sp³-hybridized carbons (Fsp3) is 0.619. The van der Waals surface area contributed by atoms with Crippen molar-refractivity contribution in [1.29, 1.82) is 0 Å². The quantitative estimate of drug-likeness (QED) is 0.722. The molecule has 0 spiro atoms. The smallest absolute Gasteiger partial charge is 0.251 e. The molecule has 1 aromatic rings. The second-order valence-electron chi connectivity index (χ2n) is 8.18. The van der Waals surface area contributed by atoms with Crippen LogP contribution in [0, 0.1) is 5.92 Å². The lowest BCUT2D eigenvalue weighted by Crippen LogP contribution is -2.48. The first kappa shape index (κ1) is 20.2. The highest BCUT2D eigenvalue weighted by atomic mass is 35.5. The van der Waals surface area contributed by atoms with Crippen molar-refractivity contribution < 1.29 is 9.59 Å². The van der Waals surface area contributed by atoms with E-state index in [1.165, 1.54) is 25.7 Å². The Balaban J connectivity index is 0.00000210. The van der Waals surface area contributed by atoms with Gasteiger partial charge in [0.1, 0.15) is 0 Å². The second-order valence-corrected chi connectivity index (χ2v) is 8.18. The maximum absolute atomic E-state index is 12.5. The minimum Gasteiger partial charge on any atom is -0.352 e. The summed E-state index contributed by atoms with van der Waals surface area (Å²) in [5.41, 5.74) is 1.73. The lowest BCUT2D eigenvalue weighted by Gasteiger charge is -2.29. The van der Waals surface area contributed by atoms with Crippen molar-refractivity contribution in [3.05, 3.63) is 35.4 Å². The molecule has 2 heterocycles. The molecule has 3 aliphatic rings. The maximum Gasteiger partial charge on any atom is 0.251 e. The summed E-state index contributed by atoms with van der Waals surface area (Å²) in [7, 11) is 0. The van der Waals surface area contributed by atoms with Crippen molar-refractivity contribution in [2.75, 3.05) is 0 Å². The predicted molar refractivity (Wildman–Crippen MR) is 108 cm³/mol. The van der Waals surface area contributed by atoms with Crippen LogP contribution in [-0.2, 0) is 11.3 Å². The highest BCUT2D eigenvalue weighted by Crippen LogP contribution is 2.27. The van der Waals surface area contributed by atoms with Crippen molar-refractivity contribution in [3.8, 4) is 0 Å². The van der Waals surface area contributed by atoms with Crippen molar-refractivity contribution in [2.45, 2.75) is 76.0 Å². The molecule has 1 saturated carbocycles. The van der Waals surface area contributed by atoms with E-state index in [-0.39, 0.29) is 36.2 Å². The normalized spacial score (nSPS) is 27.0. The van der Waals surface area contributed by atoms with Crippen LogP contribution in [0.25, 0.3) is 0 Å². The van der Waals surface area contributed by atoms with Crippen molar-refractivity contribution >= 4 is 24.2 Å². The minimum absolute atomic E-state index is 0. The number of fused-ring (bicyclic) bond motifs is 2. The molecule has 0 radical (unpaired) electrons. The summed E-state index contributed by atoms with van der Waals surface area (Å²) in [5.74, 6) is 0.378. The highest BCUT2D eigenvalue weighted by molar-refractivity contribution is 5.94. The maximum atomic E-state index is 12.5. The number of carbonyl (C=O) groups excluding carboxylic acids is 2. The molecule has 2 amide bonds. The summed E-state index contributed by atoms with van der Waals surface area (Å²) < 4.78 is 0. The van der Waals surface area contributed by atoms with Gasteiger partial charge in [0.2, 0.25) is 5.91 Å². The molecule has 2 atom stereocenters. The van der Waals surface area contributed by atoms with Gasteiger partial charge in [-0.2, -0.15) is 0 Å². The van der Waals surface area contributed by atoms with Gasteiger partial charge in [0.15, 0.2) is 0 Å². The fourth-order valence-electron chi connectivity index (χ4n) is 4.74. The average molecular weight is 392 g/mol. The average Bonchev–Trinajstić information content (AvgIpc) is 3.30. The molecule has 1 aliphatic carbocycles. The number of piperidine rings is 1. The summed E-state index contributed by atoms with van der Waals surface area (Å²) in [6.07, 6.45) is 8.91. The van der Waals surface area contributed by atoms with E-state index in [0.29, 0.717) is 24.2 Å². The van der Waals surface area contributed by atoms with Gasteiger partial charge in [-0.15, -0.1) is 12.4 Å². The summed E-state index contributed by atoms with van der Waals surface area (Å²) in [5, 5.41) is 9.82. The monoisotopic (exact) mass is 391 g/mol. The number of hydrogen-bond acceptors (Lipinski definition) is 3. The Morgan fingerprint density at radius 2 is 1.59 bits per heavy atom. The molecule has 27 heavy (non-hydrogen) atoms. The van der Waals surface area contributed by atoms with Crippen LogP contribution in [0.5, 0.6) is 0 Å². The molecule has 0 aromatic heterocycles. The van der Waals surface area contributed by atoms with Crippen molar-refractivity contribution in [2.24, 2.45) is 5.92 Å². The van der Waals surface area contributed by atoms with Crippen LogP contribution in [0.1, 0.15) is 67.3 Å². The van der Waals surface area contributed by atoms with E-state index in [4.69, 9.17) is 0 Å². The number of halogens is 1. The lowest BCUT2D eigenvalue weighted by molar-refractivity contribution is -0.124. The van der Waals surface area contributed by atoms with E-state index in [1.807, 2.05) is 24.3 Å². The Labute approximate surface area is 167 Å². The van der Waals surface area contributed by atoms with Crippen LogP contribution in [0.15, 0.2) is 24.3 Å². The van der Waals surface area contributed by atoms with Crippen LogP contribution in [-0.4, -0.2) is 29.9 Å². The summed E-state index contributed by atoms with van der Waals surface area (Å²) in [6, 6.07) is 9.04. The van der Waals surface area contributed by atoms with Crippen LogP contribution < -0.4 is 16.0 Å². The molecule has 4 rings (SSSR count). The number of rotatable bonds is 5. The number of amides is 2. The van der Waals surface area contributed by atoms with Gasteiger partial charge in [0.25, 0.3) is 5.91 Å². The minimum atomic E-state index is 0. The van der Waals surface area contributed by atoms with Gasteiger partial charge in [-0.3, -0.25) is 9.59 Å². The second kappa shape index (κ2) is 9.07. The molecule has 5 nitrogen and oxygen atoms in total. The van der Waals surface area contributed by atoms with Gasteiger partial charge in [-0.05, 0) is 56.2 Å².